The number of piperazine rings is 1. The van der Waals surface area contributed by atoms with Crippen LogP contribution in [0.25, 0.3) is 6.08 Å². The van der Waals surface area contributed by atoms with Crippen molar-refractivity contribution in [2.24, 2.45) is 5.92 Å². The lowest BCUT2D eigenvalue weighted by Crippen LogP contribution is -2.51. The zero-order valence-electron chi connectivity index (χ0n) is 18.7. The van der Waals surface area contributed by atoms with Crippen LogP contribution in [-0.2, 0) is 11.3 Å². The molecular formula is C27H35N3O. The van der Waals surface area contributed by atoms with Gasteiger partial charge in [0, 0.05) is 45.2 Å². The zero-order chi connectivity index (χ0) is 21.5. The second-order valence-electron chi connectivity index (χ2n) is 8.92. The van der Waals surface area contributed by atoms with E-state index in [1.807, 2.05) is 6.07 Å². The highest BCUT2D eigenvalue weighted by Crippen LogP contribution is 2.22. The molecule has 2 aliphatic rings. The fourth-order valence-electron chi connectivity index (χ4n) is 4.68. The molecule has 0 atom stereocenters. The van der Waals surface area contributed by atoms with E-state index in [0.29, 0.717) is 5.91 Å². The van der Waals surface area contributed by atoms with E-state index in [-0.39, 0.29) is 5.92 Å². The summed E-state index contributed by atoms with van der Waals surface area (Å²) >= 11 is 0. The molecule has 0 radical (unpaired) electrons. The highest BCUT2D eigenvalue weighted by atomic mass is 16.2. The molecule has 4 heteroatoms. The molecule has 4 rings (SSSR count). The molecule has 31 heavy (non-hydrogen) atoms. The van der Waals surface area contributed by atoms with Crippen LogP contribution in [0.1, 0.15) is 29.5 Å². The molecule has 2 heterocycles. The normalized spacial score (nSPS) is 19.2. The Kier molecular flexibility index (Phi) is 7.55. The molecule has 0 saturated carbocycles. The average Bonchev–Trinajstić information content (AvgIpc) is 2.82. The van der Waals surface area contributed by atoms with E-state index in [1.54, 1.807) is 0 Å². The van der Waals surface area contributed by atoms with Crippen LogP contribution in [0.3, 0.4) is 0 Å². The summed E-state index contributed by atoms with van der Waals surface area (Å²) < 4.78 is 0. The van der Waals surface area contributed by atoms with Gasteiger partial charge in [0.25, 0.3) is 0 Å². The first-order chi connectivity index (χ1) is 15.2. The quantitative estimate of drug-likeness (QED) is 0.709. The number of aryl methyl sites for hydroxylation is 1. The number of carbonyl (C=O) groups is 1. The van der Waals surface area contributed by atoms with Crippen molar-refractivity contribution in [1.29, 1.82) is 0 Å². The molecule has 1 amide bonds. The molecule has 2 saturated heterocycles. The Hall–Kier alpha value is -2.43. The molecule has 164 valence electrons. The topological polar surface area (TPSA) is 26.8 Å². The van der Waals surface area contributed by atoms with Crippen LogP contribution >= 0.6 is 0 Å². The molecule has 2 aromatic carbocycles. The van der Waals surface area contributed by atoms with Gasteiger partial charge in [0.1, 0.15) is 0 Å². The van der Waals surface area contributed by atoms with Gasteiger partial charge in [-0.15, -0.1) is 0 Å². The van der Waals surface area contributed by atoms with Crippen LogP contribution in [0.4, 0.5) is 0 Å². The number of hydrogen-bond acceptors (Lipinski definition) is 3. The number of nitrogens with zero attached hydrogens (tertiary/aromatic N) is 3. The summed E-state index contributed by atoms with van der Waals surface area (Å²) in [6.07, 6.45) is 6.40. The summed E-state index contributed by atoms with van der Waals surface area (Å²) in [5, 5.41) is 0. The minimum atomic E-state index is 0.206. The van der Waals surface area contributed by atoms with Gasteiger partial charge in [-0.1, -0.05) is 66.7 Å². The number of carbonyl (C=O) groups excluding carboxylic acids is 1. The lowest BCUT2D eigenvalue weighted by Gasteiger charge is -2.38. The van der Waals surface area contributed by atoms with Gasteiger partial charge in [-0.05, 0) is 49.5 Å². The molecule has 0 N–H and O–H groups in total. The maximum Gasteiger partial charge on any atom is 0.225 e. The number of likely N-dealkylation sites (tertiary alicyclic amines) is 1. The first-order valence-corrected chi connectivity index (χ1v) is 11.7. The highest BCUT2D eigenvalue weighted by Gasteiger charge is 2.30. The third kappa shape index (κ3) is 6.05. The maximum absolute atomic E-state index is 13.1. The highest BCUT2D eigenvalue weighted by molar-refractivity contribution is 5.79. The van der Waals surface area contributed by atoms with E-state index in [2.05, 4.69) is 82.3 Å². The molecule has 0 bridgehead atoms. The Morgan fingerprint density at radius 1 is 0.871 bits per heavy atom. The first-order valence-electron chi connectivity index (χ1n) is 11.7. The second kappa shape index (κ2) is 10.7. The van der Waals surface area contributed by atoms with Gasteiger partial charge in [-0.3, -0.25) is 14.6 Å². The van der Waals surface area contributed by atoms with Crippen molar-refractivity contribution in [3.63, 3.8) is 0 Å². The Morgan fingerprint density at radius 2 is 1.55 bits per heavy atom. The average molecular weight is 418 g/mol. The van der Waals surface area contributed by atoms with Crippen LogP contribution < -0.4 is 0 Å². The summed E-state index contributed by atoms with van der Waals surface area (Å²) in [6.45, 7) is 9.85. The Bertz CT molecular complexity index is 863. The van der Waals surface area contributed by atoms with E-state index in [9.17, 15) is 4.79 Å². The number of hydrogen-bond donors (Lipinski definition) is 0. The fraction of sp³-hybridized carbons (Fsp3) is 0.444. The van der Waals surface area contributed by atoms with Crippen LogP contribution in [0.15, 0.2) is 60.7 Å². The SMILES string of the molecule is Cc1ccccc1CN1CCC(C(=O)N2CCN(C/C=C/c3ccccc3)CC2)CC1. The second-order valence-corrected chi connectivity index (χ2v) is 8.92. The summed E-state index contributed by atoms with van der Waals surface area (Å²) in [7, 11) is 0. The molecular weight excluding hydrogens is 382 g/mol. The standard InChI is InChI=1S/C27H35N3O/c1-23-8-5-6-12-26(23)22-29-16-13-25(14-17-29)27(31)30-20-18-28(19-21-30)15-7-11-24-9-3-2-4-10-24/h2-12,25H,13-22H2,1H3/b11-7+. The predicted octanol–water partition coefficient (Wildman–Crippen LogP) is 4.06. The third-order valence-electron chi connectivity index (χ3n) is 6.75. The van der Waals surface area contributed by atoms with Gasteiger partial charge in [0.05, 0.1) is 0 Å². The van der Waals surface area contributed by atoms with Gasteiger partial charge in [0.15, 0.2) is 0 Å². The van der Waals surface area contributed by atoms with Gasteiger partial charge < -0.3 is 4.90 Å². The minimum absolute atomic E-state index is 0.206. The van der Waals surface area contributed by atoms with E-state index in [0.717, 1.165) is 65.2 Å². The van der Waals surface area contributed by atoms with E-state index >= 15 is 0 Å². The lowest BCUT2D eigenvalue weighted by molar-refractivity contribution is -0.138. The number of piperidine rings is 1. The number of amides is 1. The van der Waals surface area contributed by atoms with Crippen molar-refractivity contribution in [1.82, 2.24) is 14.7 Å². The molecule has 0 aromatic heterocycles. The molecule has 2 aliphatic heterocycles. The van der Waals surface area contributed by atoms with E-state index in [1.165, 1.54) is 16.7 Å². The van der Waals surface area contributed by atoms with E-state index < -0.39 is 0 Å². The molecule has 0 aliphatic carbocycles. The number of rotatable bonds is 6. The van der Waals surface area contributed by atoms with Crippen molar-refractivity contribution in [2.75, 3.05) is 45.8 Å². The summed E-state index contributed by atoms with van der Waals surface area (Å²) in [5.74, 6) is 0.590. The van der Waals surface area contributed by atoms with Crippen molar-refractivity contribution in [2.45, 2.75) is 26.3 Å². The number of benzene rings is 2. The van der Waals surface area contributed by atoms with Gasteiger partial charge in [-0.2, -0.15) is 0 Å². The van der Waals surface area contributed by atoms with Gasteiger partial charge in [0.2, 0.25) is 5.91 Å². The Balaban J connectivity index is 1.18. The van der Waals surface area contributed by atoms with Crippen molar-refractivity contribution < 1.29 is 4.79 Å². The summed E-state index contributed by atoms with van der Waals surface area (Å²) in [6, 6.07) is 19.1. The fourth-order valence-corrected chi connectivity index (χ4v) is 4.68. The summed E-state index contributed by atoms with van der Waals surface area (Å²) in [4.78, 5) is 20.1. The minimum Gasteiger partial charge on any atom is -0.340 e. The van der Waals surface area contributed by atoms with Crippen molar-refractivity contribution in [3.05, 3.63) is 77.4 Å². The molecule has 2 fully saturated rings. The first kappa shape index (κ1) is 21.8. The van der Waals surface area contributed by atoms with Crippen LogP contribution in [0.2, 0.25) is 0 Å². The van der Waals surface area contributed by atoms with Gasteiger partial charge >= 0.3 is 0 Å². The van der Waals surface area contributed by atoms with E-state index in [4.69, 9.17) is 0 Å². The maximum atomic E-state index is 13.1. The smallest absolute Gasteiger partial charge is 0.225 e. The molecule has 2 aromatic rings. The molecule has 0 spiro atoms. The summed E-state index contributed by atoms with van der Waals surface area (Å²) in [5.41, 5.74) is 4.01. The Labute approximate surface area is 187 Å². The Morgan fingerprint density at radius 3 is 2.26 bits per heavy atom. The van der Waals surface area contributed by atoms with Crippen LogP contribution in [0.5, 0.6) is 0 Å². The molecule has 4 nitrogen and oxygen atoms in total. The van der Waals surface area contributed by atoms with Crippen molar-refractivity contribution in [3.8, 4) is 0 Å². The zero-order valence-corrected chi connectivity index (χ0v) is 18.7. The predicted molar refractivity (Wildman–Crippen MR) is 128 cm³/mol. The monoisotopic (exact) mass is 417 g/mol. The van der Waals surface area contributed by atoms with Crippen LogP contribution in [0, 0.1) is 12.8 Å². The largest absolute Gasteiger partial charge is 0.340 e. The lowest BCUT2D eigenvalue weighted by atomic mass is 9.94. The molecule has 0 unspecified atom stereocenters. The third-order valence-corrected chi connectivity index (χ3v) is 6.75. The van der Waals surface area contributed by atoms with Crippen molar-refractivity contribution >= 4 is 12.0 Å². The van der Waals surface area contributed by atoms with Gasteiger partial charge in [-0.25, -0.2) is 0 Å². The van der Waals surface area contributed by atoms with Crippen LogP contribution in [-0.4, -0.2) is 66.4 Å².